The molecule has 0 amide bonds. The smallest absolute Gasteiger partial charge is 0.180 e. The minimum absolute atomic E-state index is 0.201. The molecule has 0 radical (unpaired) electrons. The number of rotatable bonds is 10. The third-order valence-corrected chi connectivity index (χ3v) is 5.22. The van der Waals surface area contributed by atoms with E-state index in [-0.39, 0.29) is 13.2 Å². The van der Waals surface area contributed by atoms with E-state index >= 15 is 0 Å². The molecular formula is C24H28N6O4. The molecule has 3 heterocycles. The first kappa shape index (κ1) is 23.4. The SMILES string of the molecule is CCOCC(O)CN(c1cc(OC)cc(OC)c1)c1ccc2ncc(-c3cnn(C)c3)nc2n1. The Morgan fingerprint density at radius 2 is 1.82 bits per heavy atom. The van der Waals surface area contributed by atoms with E-state index in [1.54, 1.807) is 37.4 Å². The maximum atomic E-state index is 10.6. The van der Waals surface area contributed by atoms with Crippen LogP contribution in [-0.2, 0) is 11.8 Å². The van der Waals surface area contributed by atoms with Gasteiger partial charge in [-0.2, -0.15) is 5.10 Å². The number of ether oxygens (including phenoxy) is 3. The van der Waals surface area contributed by atoms with Gasteiger partial charge in [0.15, 0.2) is 5.65 Å². The predicted molar refractivity (Wildman–Crippen MR) is 129 cm³/mol. The van der Waals surface area contributed by atoms with Crippen LogP contribution in [0.3, 0.4) is 0 Å². The fraction of sp³-hybridized carbons (Fsp3) is 0.333. The molecule has 1 unspecified atom stereocenters. The quantitative estimate of drug-likeness (QED) is 0.379. The molecule has 3 aromatic heterocycles. The molecule has 0 saturated carbocycles. The lowest BCUT2D eigenvalue weighted by Crippen LogP contribution is -2.32. The molecule has 0 spiro atoms. The van der Waals surface area contributed by atoms with Crippen molar-refractivity contribution in [2.24, 2.45) is 7.05 Å². The second kappa shape index (κ2) is 10.4. The van der Waals surface area contributed by atoms with E-state index in [9.17, 15) is 5.11 Å². The second-order valence-electron chi connectivity index (χ2n) is 7.66. The Bertz CT molecular complexity index is 1240. The molecule has 178 valence electrons. The van der Waals surface area contributed by atoms with Crippen molar-refractivity contribution in [3.8, 4) is 22.8 Å². The fourth-order valence-corrected chi connectivity index (χ4v) is 3.53. The lowest BCUT2D eigenvalue weighted by molar-refractivity contribution is 0.0474. The molecule has 0 aliphatic heterocycles. The Labute approximate surface area is 197 Å². The first-order valence-corrected chi connectivity index (χ1v) is 10.9. The van der Waals surface area contributed by atoms with Crippen LogP contribution >= 0.6 is 0 Å². The molecule has 4 rings (SSSR count). The molecule has 10 heteroatoms. The van der Waals surface area contributed by atoms with Gasteiger partial charge < -0.3 is 24.2 Å². The van der Waals surface area contributed by atoms with E-state index in [4.69, 9.17) is 24.2 Å². The van der Waals surface area contributed by atoms with Crippen LogP contribution in [0.15, 0.2) is 48.9 Å². The van der Waals surface area contributed by atoms with Crippen LogP contribution in [0, 0.1) is 0 Å². The van der Waals surface area contributed by atoms with Crippen molar-refractivity contribution in [3.63, 3.8) is 0 Å². The van der Waals surface area contributed by atoms with E-state index in [1.165, 1.54) is 0 Å². The van der Waals surface area contributed by atoms with Crippen molar-refractivity contribution in [1.82, 2.24) is 24.7 Å². The topological polar surface area (TPSA) is 108 Å². The number of nitrogens with zero attached hydrogens (tertiary/aromatic N) is 6. The highest BCUT2D eigenvalue weighted by molar-refractivity contribution is 5.77. The molecule has 0 aliphatic carbocycles. The number of aromatic nitrogens is 5. The molecular weight excluding hydrogens is 436 g/mol. The Hall–Kier alpha value is -3.76. The van der Waals surface area contributed by atoms with Crippen molar-refractivity contribution in [2.75, 3.05) is 38.9 Å². The zero-order valence-electron chi connectivity index (χ0n) is 19.7. The first-order valence-electron chi connectivity index (χ1n) is 10.9. The summed E-state index contributed by atoms with van der Waals surface area (Å²) in [6.45, 7) is 2.85. The fourth-order valence-electron chi connectivity index (χ4n) is 3.53. The third kappa shape index (κ3) is 5.24. The van der Waals surface area contributed by atoms with Crippen LogP contribution < -0.4 is 14.4 Å². The molecule has 1 N–H and O–H groups in total. The molecule has 1 aromatic carbocycles. The second-order valence-corrected chi connectivity index (χ2v) is 7.66. The van der Waals surface area contributed by atoms with E-state index in [2.05, 4.69) is 10.1 Å². The average Bonchev–Trinajstić information content (AvgIpc) is 3.31. The summed E-state index contributed by atoms with van der Waals surface area (Å²) in [5.74, 6) is 1.84. The van der Waals surface area contributed by atoms with Gasteiger partial charge in [-0.25, -0.2) is 9.97 Å². The molecule has 0 bridgehead atoms. The largest absolute Gasteiger partial charge is 0.497 e. The lowest BCUT2D eigenvalue weighted by atomic mass is 10.2. The predicted octanol–water partition coefficient (Wildman–Crippen LogP) is 2.98. The summed E-state index contributed by atoms with van der Waals surface area (Å²) in [5, 5.41) is 14.8. The number of methoxy groups -OCH3 is 2. The Kier molecular flexibility index (Phi) is 7.19. The summed E-state index contributed by atoms with van der Waals surface area (Å²) in [6, 6.07) is 9.22. The number of aryl methyl sites for hydroxylation is 1. The van der Waals surface area contributed by atoms with Crippen molar-refractivity contribution in [1.29, 1.82) is 0 Å². The maximum absolute atomic E-state index is 10.6. The van der Waals surface area contributed by atoms with Gasteiger partial charge in [-0.3, -0.25) is 9.67 Å². The molecule has 0 fully saturated rings. The summed E-state index contributed by atoms with van der Waals surface area (Å²) >= 11 is 0. The van der Waals surface area contributed by atoms with Crippen LogP contribution in [-0.4, -0.2) is 69.9 Å². The van der Waals surface area contributed by atoms with Crippen molar-refractivity contribution in [3.05, 3.63) is 48.9 Å². The Morgan fingerprint density at radius 1 is 1.06 bits per heavy atom. The highest BCUT2D eigenvalue weighted by atomic mass is 16.5. The van der Waals surface area contributed by atoms with E-state index in [0.717, 1.165) is 11.3 Å². The zero-order valence-corrected chi connectivity index (χ0v) is 19.7. The van der Waals surface area contributed by atoms with Gasteiger partial charge in [-0.15, -0.1) is 0 Å². The minimum Gasteiger partial charge on any atom is -0.497 e. The number of benzene rings is 1. The number of hydrogen-bond donors (Lipinski definition) is 1. The summed E-state index contributed by atoms with van der Waals surface area (Å²) in [4.78, 5) is 15.9. The van der Waals surface area contributed by atoms with E-state index < -0.39 is 6.10 Å². The van der Waals surface area contributed by atoms with E-state index in [0.29, 0.717) is 40.8 Å². The number of aliphatic hydroxyl groups excluding tert-OH is 1. The van der Waals surface area contributed by atoms with Crippen LogP contribution in [0.4, 0.5) is 11.5 Å². The number of pyridine rings is 1. The van der Waals surface area contributed by atoms with Crippen LogP contribution in [0.25, 0.3) is 22.4 Å². The van der Waals surface area contributed by atoms with Gasteiger partial charge in [0.1, 0.15) is 22.8 Å². The maximum Gasteiger partial charge on any atom is 0.180 e. The van der Waals surface area contributed by atoms with Gasteiger partial charge in [0.05, 0.1) is 51.6 Å². The van der Waals surface area contributed by atoms with Crippen molar-refractivity contribution < 1.29 is 19.3 Å². The summed E-state index contributed by atoms with van der Waals surface area (Å²) in [6.07, 6.45) is 4.57. The lowest BCUT2D eigenvalue weighted by Gasteiger charge is -2.27. The van der Waals surface area contributed by atoms with Gasteiger partial charge in [-0.05, 0) is 19.1 Å². The normalized spacial score (nSPS) is 12.0. The summed E-state index contributed by atoms with van der Waals surface area (Å²) in [5.41, 5.74) is 3.42. The van der Waals surface area contributed by atoms with Gasteiger partial charge >= 0.3 is 0 Å². The van der Waals surface area contributed by atoms with Crippen molar-refractivity contribution in [2.45, 2.75) is 13.0 Å². The monoisotopic (exact) mass is 464 g/mol. The van der Waals surface area contributed by atoms with E-state index in [1.807, 2.05) is 49.3 Å². The Balaban J connectivity index is 1.77. The summed E-state index contributed by atoms with van der Waals surface area (Å²) in [7, 11) is 5.04. The van der Waals surface area contributed by atoms with Crippen LogP contribution in [0.5, 0.6) is 11.5 Å². The number of fused-ring (bicyclic) bond motifs is 1. The van der Waals surface area contributed by atoms with Crippen LogP contribution in [0.2, 0.25) is 0 Å². The molecule has 10 nitrogen and oxygen atoms in total. The first-order chi connectivity index (χ1) is 16.5. The Morgan fingerprint density at radius 3 is 2.47 bits per heavy atom. The van der Waals surface area contributed by atoms with Gasteiger partial charge in [0.25, 0.3) is 0 Å². The molecule has 34 heavy (non-hydrogen) atoms. The number of aliphatic hydroxyl groups is 1. The molecule has 1 atom stereocenters. The molecule has 0 saturated heterocycles. The summed E-state index contributed by atoms with van der Waals surface area (Å²) < 4.78 is 18.0. The number of anilines is 2. The van der Waals surface area contributed by atoms with Gasteiger partial charge in [0, 0.05) is 49.3 Å². The van der Waals surface area contributed by atoms with Crippen molar-refractivity contribution >= 4 is 22.7 Å². The number of hydrogen-bond acceptors (Lipinski definition) is 9. The highest BCUT2D eigenvalue weighted by Gasteiger charge is 2.19. The zero-order chi connectivity index (χ0) is 24.1. The third-order valence-electron chi connectivity index (χ3n) is 5.22. The minimum atomic E-state index is -0.748. The molecule has 0 aliphatic rings. The standard InChI is InChI=1S/C24H28N6O4/c1-5-34-15-18(31)14-30(17-8-19(32-3)10-20(9-17)33-4)23-7-6-21-24(28-23)27-22(12-25-21)16-11-26-29(2)13-16/h6-13,18,31H,5,14-15H2,1-4H3. The van der Waals surface area contributed by atoms with Gasteiger partial charge in [0.2, 0.25) is 0 Å². The van der Waals surface area contributed by atoms with Crippen LogP contribution in [0.1, 0.15) is 6.92 Å². The average molecular weight is 465 g/mol. The molecule has 4 aromatic rings. The van der Waals surface area contributed by atoms with Gasteiger partial charge in [-0.1, -0.05) is 0 Å². The highest BCUT2D eigenvalue weighted by Crippen LogP contribution is 2.33.